The van der Waals surface area contributed by atoms with Gasteiger partial charge in [0.25, 0.3) is 5.91 Å². The van der Waals surface area contributed by atoms with Gasteiger partial charge in [0, 0.05) is 18.7 Å². The molecule has 0 saturated carbocycles. The van der Waals surface area contributed by atoms with Crippen LogP contribution in [0.3, 0.4) is 0 Å². The highest BCUT2D eigenvalue weighted by Gasteiger charge is 2.29. The summed E-state index contributed by atoms with van der Waals surface area (Å²) in [5.74, 6) is -1.09. The van der Waals surface area contributed by atoms with Gasteiger partial charge in [-0.25, -0.2) is 4.39 Å². The normalized spacial score (nSPS) is 12.8. The number of ether oxygens (including phenoxy) is 2. The van der Waals surface area contributed by atoms with Crippen molar-refractivity contribution in [1.82, 2.24) is 4.90 Å². The summed E-state index contributed by atoms with van der Waals surface area (Å²) in [5, 5.41) is 0. The third-order valence-electron chi connectivity index (χ3n) is 5.08. The zero-order valence-corrected chi connectivity index (χ0v) is 17.8. The van der Waals surface area contributed by atoms with Gasteiger partial charge in [-0.05, 0) is 56.7 Å². The summed E-state index contributed by atoms with van der Waals surface area (Å²) in [6, 6.07) is 9.04. The topological polar surface area (TPSA) is 76.2 Å². The largest absolute Gasteiger partial charge is 0.482 e. The first-order valence-electron chi connectivity index (χ1n) is 10.1. The molecule has 3 rings (SSSR count). The molecule has 0 aliphatic carbocycles. The summed E-state index contributed by atoms with van der Waals surface area (Å²) in [5.41, 5.74) is 1.43. The Bertz CT molecular complexity index is 1000. The molecule has 1 aliphatic heterocycles. The van der Waals surface area contributed by atoms with Crippen molar-refractivity contribution in [3.63, 3.8) is 0 Å². The highest BCUT2D eigenvalue weighted by atomic mass is 19.1. The van der Waals surface area contributed by atoms with Crippen LogP contribution in [0.5, 0.6) is 11.5 Å². The van der Waals surface area contributed by atoms with E-state index in [1.165, 1.54) is 23.1 Å². The van der Waals surface area contributed by atoms with Crippen molar-refractivity contribution >= 4 is 23.3 Å². The van der Waals surface area contributed by atoms with E-state index in [1.54, 1.807) is 30.0 Å². The molecular weight excluding hydrogens is 403 g/mol. The third kappa shape index (κ3) is 5.02. The highest BCUT2D eigenvalue weighted by molar-refractivity contribution is 6.04. The van der Waals surface area contributed by atoms with Gasteiger partial charge < -0.3 is 14.4 Å². The van der Waals surface area contributed by atoms with Crippen LogP contribution in [0, 0.1) is 12.7 Å². The van der Waals surface area contributed by atoms with Crippen LogP contribution < -0.4 is 14.4 Å². The smallest absolute Gasteiger partial charge is 0.265 e. The van der Waals surface area contributed by atoms with Crippen LogP contribution in [0.15, 0.2) is 36.4 Å². The molecule has 7 nitrogen and oxygen atoms in total. The van der Waals surface area contributed by atoms with Gasteiger partial charge in [0.1, 0.15) is 12.3 Å². The fourth-order valence-electron chi connectivity index (χ4n) is 3.31. The highest BCUT2D eigenvalue weighted by Crippen LogP contribution is 2.33. The fourth-order valence-corrected chi connectivity index (χ4v) is 3.31. The van der Waals surface area contributed by atoms with Crippen molar-refractivity contribution in [2.45, 2.75) is 20.8 Å². The maximum Gasteiger partial charge on any atom is 0.265 e. The summed E-state index contributed by atoms with van der Waals surface area (Å²) in [4.78, 5) is 40.6. The van der Waals surface area contributed by atoms with E-state index in [1.807, 2.05) is 13.8 Å². The summed E-state index contributed by atoms with van der Waals surface area (Å²) < 4.78 is 24.7. The summed E-state index contributed by atoms with van der Waals surface area (Å²) in [6.45, 7) is 5.91. The number of likely N-dealkylation sites (N-methyl/N-ethyl adjacent to an activating group) is 1. The Morgan fingerprint density at radius 3 is 2.61 bits per heavy atom. The number of benzene rings is 2. The van der Waals surface area contributed by atoms with Crippen LogP contribution in [-0.2, 0) is 9.59 Å². The van der Waals surface area contributed by atoms with Crippen molar-refractivity contribution in [2.75, 3.05) is 37.7 Å². The van der Waals surface area contributed by atoms with Crippen LogP contribution in [0.4, 0.5) is 10.1 Å². The van der Waals surface area contributed by atoms with E-state index in [9.17, 15) is 18.8 Å². The number of nitrogens with zero attached hydrogens (tertiary/aromatic N) is 2. The van der Waals surface area contributed by atoms with E-state index in [4.69, 9.17) is 9.47 Å². The lowest BCUT2D eigenvalue weighted by atomic mass is 10.1. The number of hydrogen-bond donors (Lipinski definition) is 0. The Morgan fingerprint density at radius 2 is 1.90 bits per heavy atom. The maximum absolute atomic E-state index is 13.9. The lowest BCUT2D eigenvalue weighted by Crippen LogP contribution is -2.46. The van der Waals surface area contributed by atoms with E-state index in [0.717, 1.165) is 5.56 Å². The van der Waals surface area contributed by atoms with E-state index >= 15 is 0 Å². The summed E-state index contributed by atoms with van der Waals surface area (Å²) in [6.07, 6.45) is 0. The molecule has 0 unspecified atom stereocenters. The van der Waals surface area contributed by atoms with Gasteiger partial charge in [0.05, 0.1) is 5.69 Å². The van der Waals surface area contributed by atoms with Gasteiger partial charge in [0.2, 0.25) is 5.91 Å². The van der Waals surface area contributed by atoms with Crippen LogP contribution in [-0.4, -0.2) is 55.3 Å². The van der Waals surface area contributed by atoms with Crippen molar-refractivity contribution in [3.05, 3.63) is 53.3 Å². The Kier molecular flexibility index (Phi) is 6.89. The molecule has 2 aromatic carbocycles. The predicted molar refractivity (Wildman–Crippen MR) is 113 cm³/mol. The molecule has 0 atom stereocenters. The number of anilines is 1. The van der Waals surface area contributed by atoms with E-state index < -0.39 is 11.6 Å². The second kappa shape index (κ2) is 9.59. The molecule has 0 fully saturated rings. The monoisotopic (exact) mass is 428 g/mol. The number of ketones is 1. The molecule has 0 saturated heterocycles. The third-order valence-corrected chi connectivity index (χ3v) is 5.08. The van der Waals surface area contributed by atoms with E-state index in [0.29, 0.717) is 24.5 Å². The number of Topliss-reactive ketones (excluding diaryl/α,β-unsaturated/α-hetero) is 1. The minimum Gasteiger partial charge on any atom is -0.482 e. The number of carbonyl (C=O) groups is 3. The molecule has 31 heavy (non-hydrogen) atoms. The molecule has 1 aliphatic rings. The first kappa shape index (κ1) is 22.3. The number of halogens is 1. The van der Waals surface area contributed by atoms with Crippen molar-refractivity contribution in [1.29, 1.82) is 0 Å². The number of aryl methyl sites for hydroxylation is 1. The number of carbonyl (C=O) groups excluding carboxylic acids is 3. The number of hydrogen-bond acceptors (Lipinski definition) is 5. The Hall–Kier alpha value is -3.42. The molecule has 0 spiro atoms. The van der Waals surface area contributed by atoms with Gasteiger partial charge in [-0.1, -0.05) is 6.07 Å². The van der Waals surface area contributed by atoms with Crippen molar-refractivity contribution in [2.24, 2.45) is 0 Å². The molecule has 2 aromatic rings. The predicted octanol–water partition coefficient (Wildman–Crippen LogP) is 2.99. The lowest BCUT2D eigenvalue weighted by Gasteiger charge is -2.31. The molecule has 8 heteroatoms. The van der Waals surface area contributed by atoms with Gasteiger partial charge in [0.15, 0.2) is 30.6 Å². The Labute approximate surface area is 180 Å². The van der Waals surface area contributed by atoms with Gasteiger partial charge in [-0.3, -0.25) is 19.3 Å². The van der Waals surface area contributed by atoms with Gasteiger partial charge in [-0.2, -0.15) is 0 Å². The van der Waals surface area contributed by atoms with E-state index in [2.05, 4.69) is 0 Å². The molecule has 0 radical (unpaired) electrons. The second-order valence-electron chi connectivity index (χ2n) is 7.16. The van der Waals surface area contributed by atoms with Crippen LogP contribution in [0.1, 0.15) is 29.8 Å². The quantitative estimate of drug-likeness (QED) is 0.605. The molecule has 0 aromatic heterocycles. The summed E-state index contributed by atoms with van der Waals surface area (Å²) >= 11 is 0. The van der Waals surface area contributed by atoms with Crippen LogP contribution in [0.2, 0.25) is 0 Å². The molecular formula is C23H25FN2O5. The van der Waals surface area contributed by atoms with Gasteiger partial charge >= 0.3 is 0 Å². The molecule has 0 bridgehead atoms. The first-order valence-corrected chi connectivity index (χ1v) is 10.1. The Morgan fingerprint density at radius 1 is 1.16 bits per heavy atom. The molecule has 164 valence electrons. The first-order chi connectivity index (χ1) is 14.8. The molecule has 0 N–H and O–H groups in total. The molecule has 2 amide bonds. The molecule has 1 heterocycles. The van der Waals surface area contributed by atoms with E-state index in [-0.39, 0.29) is 42.9 Å². The number of amides is 2. The standard InChI is InChI=1S/C23H25FN2O5/c1-4-25(5-2)22(28)12-26-18-11-16(7-9-20(18)31-14-23(26)29)19(27)13-30-21-10-15(3)6-8-17(21)24/h6-11H,4-5,12-14H2,1-3H3. The van der Waals surface area contributed by atoms with Crippen molar-refractivity contribution in [3.8, 4) is 11.5 Å². The Balaban J connectivity index is 1.79. The minimum atomic E-state index is -0.552. The van der Waals surface area contributed by atoms with Gasteiger partial charge in [-0.15, -0.1) is 0 Å². The SMILES string of the molecule is CCN(CC)C(=O)CN1C(=O)COc2ccc(C(=O)COc3cc(C)ccc3F)cc21. The fraction of sp³-hybridized carbons (Fsp3) is 0.348. The second-order valence-corrected chi connectivity index (χ2v) is 7.16. The number of fused-ring (bicyclic) bond motifs is 1. The minimum absolute atomic E-state index is 0.00346. The van der Waals surface area contributed by atoms with Crippen LogP contribution in [0.25, 0.3) is 0 Å². The zero-order chi connectivity index (χ0) is 22.5. The average molecular weight is 428 g/mol. The van der Waals surface area contributed by atoms with Crippen LogP contribution >= 0.6 is 0 Å². The number of rotatable bonds is 8. The summed E-state index contributed by atoms with van der Waals surface area (Å²) in [7, 11) is 0. The van der Waals surface area contributed by atoms with Crippen molar-refractivity contribution < 1.29 is 28.2 Å². The average Bonchev–Trinajstić information content (AvgIpc) is 2.76. The lowest BCUT2D eigenvalue weighted by molar-refractivity contribution is -0.131. The zero-order valence-electron chi connectivity index (χ0n) is 17.8. The maximum atomic E-state index is 13.9.